The number of nitrogen functional groups attached to an aromatic ring is 1. The first-order valence-corrected chi connectivity index (χ1v) is 7.13. The number of carbonyl (C=O) groups excluding carboxylic acids is 2. The van der Waals surface area contributed by atoms with Gasteiger partial charge in [-0.25, -0.2) is 4.79 Å². The molecule has 0 spiro atoms. The highest BCUT2D eigenvalue weighted by atomic mass is 16.5. The van der Waals surface area contributed by atoms with Gasteiger partial charge in [0, 0.05) is 13.1 Å². The summed E-state index contributed by atoms with van der Waals surface area (Å²) >= 11 is 0. The van der Waals surface area contributed by atoms with Gasteiger partial charge in [-0.3, -0.25) is 4.79 Å². The Labute approximate surface area is 124 Å². The van der Waals surface area contributed by atoms with Crippen LogP contribution in [0.15, 0.2) is 18.2 Å². The maximum atomic E-state index is 11.8. The van der Waals surface area contributed by atoms with Crippen molar-refractivity contribution in [1.29, 1.82) is 0 Å². The van der Waals surface area contributed by atoms with Crippen molar-refractivity contribution >= 4 is 23.3 Å². The van der Waals surface area contributed by atoms with E-state index in [1.54, 1.807) is 25.1 Å². The van der Waals surface area contributed by atoms with Crippen LogP contribution in [0.2, 0.25) is 0 Å². The van der Waals surface area contributed by atoms with Crippen molar-refractivity contribution in [1.82, 2.24) is 0 Å². The molecule has 21 heavy (non-hydrogen) atoms. The smallest absolute Gasteiger partial charge is 0.338 e. The molecule has 1 aliphatic heterocycles. The van der Waals surface area contributed by atoms with Gasteiger partial charge in [0.05, 0.1) is 29.5 Å². The van der Waals surface area contributed by atoms with E-state index in [4.69, 9.17) is 16.2 Å². The largest absolute Gasteiger partial charge is 0.462 e. The molecule has 0 bridgehead atoms. The number of hydrogen-bond acceptors (Lipinski definition) is 5. The highest BCUT2D eigenvalue weighted by molar-refractivity contribution is 5.92. The average molecular weight is 291 g/mol. The molecule has 1 fully saturated rings. The first kappa shape index (κ1) is 15.2. The van der Waals surface area contributed by atoms with Crippen LogP contribution < -0.4 is 16.4 Å². The normalized spacial score (nSPS) is 18.3. The van der Waals surface area contributed by atoms with E-state index >= 15 is 0 Å². The number of nitrogens with zero attached hydrogens (tertiary/aromatic N) is 1. The number of nitrogens with two attached hydrogens (primary N) is 2. The van der Waals surface area contributed by atoms with E-state index in [1.165, 1.54) is 0 Å². The van der Waals surface area contributed by atoms with Gasteiger partial charge in [0.1, 0.15) is 0 Å². The summed E-state index contributed by atoms with van der Waals surface area (Å²) in [6, 6.07) is 5.05. The van der Waals surface area contributed by atoms with Crippen LogP contribution >= 0.6 is 0 Å². The van der Waals surface area contributed by atoms with Crippen molar-refractivity contribution in [3.63, 3.8) is 0 Å². The Morgan fingerprint density at radius 1 is 1.43 bits per heavy atom. The molecule has 2 rings (SSSR count). The molecule has 1 heterocycles. The van der Waals surface area contributed by atoms with Gasteiger partial charge in [-0.1, -0.05) is 0 Å². The number of hydrogen-bond donors (Lipinski definition) is 2. The molecule has 0 aliphatic carbocycles. The lowest BCUT2D eigenvalue weighted by Gasteiger charge is -2.33. The molecule has 1 atom stereocenters. The maximum Gasteiger partial charge on any atom is 0.338 e. The zero-order valence-corrected chi connectivity index (χ0v) is 12.2. The lowest BCUT2D eigenvalue weighted by atomic mass is 9.96. The number of esters is 1. The Hall–Kier alpha value is -2.24. The zero-order valence-electron chi connectivity index (χ0n) is 12.2. The molecule has 6 nitrogen and oxygen atoms in total. The number of carbonyl (C=O) groups is 2. The number of rotatable bonds is 4. The summed E-state index contributed by atoms with van der Waals surface area (Å²) < 4.78 is 5.00. The van der Waals surface area contributed by atoms with Crippen LogP contribution in [0.5, 0.6) is 0 Å². The van der Waals surface area contributed by atoms with Gasteiger partial charge in [0.15, 0.2) is 0 Å². The molecule has 4 N–H and O–H groups in total. The number of primary amides is 1. The third-order valence-corrected chi connectivity index (χ3v) is 3.71. The third-order valence-electron chi connectivity index (χ3n) is 3.71. The Morgan fingerprint density at radius 3 is 2.86 bits per heavy atom. The molecule has 1 aliphatic rings. The van der Waals surface area contributed by atoms with Gasteiger partial charge in [-0.05, 0) is 38.0 Å². The highest BCUT2D eigenvalue weighted by Crippen LogP contribution is 2.29. The molecular weight excluding hydrogens is 270 g/mol. The molecular formula is C15H21N3O3. The van der Waals surface area contributed by atoms with Crippen molar-refractivity contribution in [3.05, 3.63) is 23.8 Å². The van der Waals surface area contributed by atoms with Gasteiger partial charge in [0.25, 0.3) is 0 Å². The summed E-state index contributed by atoms with van der Waals surface area (Å²) in [7, 11) is 0. The van der Waals surface area contributed by atoms with Crippen LogP contribution in [-0.2, 0) is 9.53 Å². The Morgan fingerprint density at radius 2 is 2.19 bits per heavy atom. The van der Waals surface area contributed by atoms with Crippen LogP contribution in [0.4, 0.5) is 11.4 Å². The number of anilines is 2. The standard InChI is InChI=1S/C15H21N3O3/c1-2-21-15(20)10-5-6-12(16)13(8-10)18-7-3-4-11(9-18)14(17)19/h5-6,8,11H,2-4,7,9,16H2,1H3,(H2,17,19). The van der Waals surface area contributed by atoms with Crippen LogP contribution in [-0.4, -0.2) is 31.6 Å². The Balaban J connectivity index is 2.23. The van der Waals surface area contributed by atoms with Crippen molar-refractivity contribution < 1.29 is 14.3 Å². The molecule has 0 aromatic heterocycles. The van der Waals surface area contributed by atoms with E-state index in [0.29, 0.717) is 24.4 Å². The second-order valence-electron chi connectivity index (χ2n) is 5.18. The van der Waals surface area contributed by atoms with Gasteiger partial charge in [-0.2, -0.15) is 0 Å². The Bertz CT molecular complexity index is 545. The predicted octanol–water partition coefficient (Wildman–Crippen LogP) is 1.15. The topological polar surface area (TPSA) is 98.7 Å². The summed E-state index contributed by atoms with van der Waals surface area (Å²) in [5.41, 5.74) is 13.2. The van der Waals surface area contributed by atoms with Crippen molar-refractivity contribution in [2.75, 3.05) is 30.3 Å². The first-order chi connectivity index (χ1) is 10.0. The number of piperidine rings is 1. The van der Waals surface area contributed by atoms with Crippen molar-refractivity contribution in [3.8, 4) is 0 Å². The molecule has 0 saturated carbocycles. The SMILES string of the molecule is CCOC(=O)c1ccc(N)c(N2CCCC(C(N)=O)C2)c1. The zero-order chi connectivity index (χ0) is 15.4. The molecule has 6 heteroatoms. The molecule has 1 saturated heterocycles. The van der Waals surface area contributed by atoms with E-state index in [1.807, 2.05) is 4.90 Å². The van der Waals surface area contributed by atoms with Crippen LogP contribution in [0.1, 0.15) is 30.1 Å². The van der Waals surface area contributed by atoms with E-state index in [9.17, 15) is 9.59 Å². The number of benzene rings is 1. The number of amides is 1. The van der Waals surface area contributed by atoms with Crippen LogP contribution in [0.25, 0.3) is 0 Å². The van der Waals surface area contributed by atoms with Crippen LogP contribution in [0, 0.1) is 5.92 Å². The third kappa shape index (κ3) is 3.45. The summed E-state index contributed by atoms with van der Waals surface area (Å²) in [5, 5.41) is 0. The summed E-state index contributed by atoms with van der Waals surface area (Å²) in [6.07, 6.45) is 1.67. The second-order valence-corrected chi connectivity index (χ2v) is 5.18. The number of ether oxygens (including phenoxy) is 1. The molecule has 1 aromatic carbocycles. The van der Waals surface area contributed by atoms with Crippen molar-refractivity contribution in [2.45, 2.75) is 19.8 Å². The molecule has 1 aromatic rings. The minimum Gasteiger partial charge on any atom is -0.462 e. The van der Waals surface area contributed by atoms with Crippen molar-refractivity contribution in [2.24, 2.45) is 11.7 Å². The fourth-order valence-electron chi connectivity index (χ4n) is 2.59. The maximum absolute atomic E-state index is 11.8. The molecule has 1 amide bonds. The summed E-state index contributed by atoms with van der Waals surface area (Å²) in [5.74, 6) is -0.841. The lowest BCUT2D eigenvalue weighted by molar-refractivity contribution is -0.122. The van der Waals surface area contributed by atoms with Gasteiger partial charge in [-0.15, -0.1) is 0 Å². The van der Waals surface area contributed by atoms with Gasteiger partial charge < -0.3 is 21.1 Å². The minimum atomic E-state index is -0.373. The highest BCUT2D eigenvalue weighted by Gasteiger charge is 2.25. The van der Waals surface area contributed by atoms with E-state index in [0.717, 1.165) is 25.1 Å². The quantitative estimate of drug-likeness (QED) is 0.640. The van der Waals surface area contributed by atoms with E-state index in [2.05, 4.69) is 0 Å². The second kappa shape index (κ2) is 6.47. The average Bonchev–Trinajstić information content (AvgIpc) is 2.48. The van der Waals surface area contributed by atoms with Gasteiger partial charge >= 0.3 is 5.97 Å². The van der Waals surface area contributed by atoms with Gasteiger partial charge in [0.2, 0.25) is 5.91 Å². The first-order valence-electron chi connectivity index (χ1n) is 7.13. The molecule has 0 radical (unpaired) electrons. The monoisotopic (exact) mass is 291 g/mol. The van der Waals surface area contributed by atoms with E-state index in [-0.39, 0.29) is 17.8 Å². The fourth-order valence-corrected chi connectivity index (χ4v) is 2.59. The van der Waals surface area contributed by atoms with E-state index < -0.39 is 0 Å². The summed E-state index contributed by atoms with van der Waals surface area (Å²) in [6.45, 7) is 3.41. The summed E-state index contributed by atoms with van der Waals surface area (Å²) in [4.78, 5) is 25.2. The Kier molecular flexibility index (Phi) is 4.67. The molecule has 1 unspecified atom stereocenters. The minimum absolute atomic E-state index is 0.176. The predicted molar refractivity (Wildman–Crippen MR) is 80.9 cm³/mol. The van der Waals surface area contributed by atoms with Crippen LogP contribution in [0.3, 0.4) is 0 Å². The fraction of sp³-hybridized carbons (Fsp3) is 0.467. The molecule has 114 valence electrons. The lowest BCUT2D eigenvalue weighted by Crippen LogP contribution is -2.41.